The van der Waals surface area contributed by atoms with Gasteiger partial charge >= 0.3 is 0 Å². The zero-order chi connectivity index (χ0) is 13.1. The van der Waals surface area contributed by atoms with Gasteiger partial charge in [-0.1, -0.05) is 0 Å². The fourth-order valence-electron chi connectivity index (χ4n) is 3.19. The predicted octanol–water partition coefficient (Wildman–Crippen LogP) is 1.70. The predicted molar refractivity (Wildman–Crippen MR) is 76.1 cm³/mol. The lowest BCUT2D eigenvalue weighted by atomic mass is 10.0. The molecule has 2 aliphatic rings. The van der Waals surface area contributed by atoms with Crippen molar-refractivity contribution in [2.75, 3.05) is 44.2 Å². The van der Waals surface area contributed by atoms with Crippen molar-refractivity contribution in [3.63, 3.8) is 0 Å². The number of piperidine rings is 1. The molecule has 19 heavy (non-hydrogen) atoms. The molecule has 3 nitrogen and oxygen atoms in total. The first-order valence-corrected chi connectivity index (χ1v) is 7.28. The van der Waals surface area contributed by atoms with E-state index in [1.807, 2.05) is 12.1 Å². The molecule has 0 radical (unpaired) electrons. The summed E-state index contributed by atoms with van der Waals surface area (Å²) in [7, 11) is 0. The van der Waals surface area contributed by atoms with Crippen molar-refractivity contribution >= 4 is 5.69 Å². The summed E-state index contributed by atoms with van der Waals surface area (Å²) >= 11 is 0. The highest BCUT2D eigenvalue weighted by Gasteiger charge is 2.25. The molecule has 104 valence electrons. The van der Waals surface area contributed by atoms with Gasteiger partial charge in [-0.2, -0.15) is 0 Å². The van der Waals surface area contributed by atoms with Crippen LogP contribution in [-0.4, -0.2) is 50.2 Å². The minimum Gasteiger partial charge on any atom is -0.371 e. The maximum absolute atomic E-state index is 12.9. The van der Waals surface area contributed by atoms with Gasteiger partial charge in [-0.3, -0.25) is 4.90 Å². The van der Waals surface area contributed by atoms with Crippen molar-refractivity contribution in [1.82, 2.24) is 10.2 Å². The number of nitrogens with one attached hydrogen (secondary N) is 1. The van der Waals surface area contributed by atoms with Crippen LogP contribution in [0.25, 0.3) is 0 Å². The van der Waals surface area contributed by atoms with E-state index >= 15 is 0 Å². The molecular weight excluding hydrogens is 241 g/mol. The second-order valence-corrected chi connectivity index (χ2v) is 5.48. The Morgan fingerprint density at radius 2 is 1.58 bits per heavy atom. The van der Waals surface area contributed by atoms with Crippen LogP contribution in [0.1, 0.15) is 12.8 Å². The Balaban J connectivity index is 1.55. The number of halogens is 1. The molecule has 0 aromatic heterocycles. The molecule has 1 aromatic carbocycles. The first kappa shape index (κ1) is 12.9. The van der Waals surface area contributed by atoms with Crippen molar-refractivity contribution in [2.24, 2.45) is 0 Å². The van der Waals surface area contributed by atoms with Gasteiger partial charge in [0.15, 0.2) is 0 Å². The van der Waals surface area contributed by atoms with E-state index in [-0.39, 0.29) is 5.82 Å². The Hall–Kier alpha value is -1.13. The zero-order valence-corrected chi connectivity index (χ0v) is 11.3. The largest absolute Gasteiger partial charge is 0.371 e. The number of nitrogens with zero attached hydrogens (tertiary/aromatic N) is 2. The number of anilines is 1. The second-order valence-electron chi connectivity index (χ2n) is 5.48. The third-order valence-corrected chi connectivity index (χ3v) is 4.32. The Bertz CT molecular complexity index is 392. The van der Waals surface area contributed by atoms with Crippen LogP contribution >= 0.6 is 0 Å². The Morgan fingerprint density at radius 1 is 0.947 bits per heavy atom. The summed E-state index contributed by atoms with van der Waals surface area (Å²) in [6.07, 6.45) is 2.44. The van der Waals surface area contributed by atoms with Crippen LogP contribution in [-0.2, 0) is 0 Å². The van der Waals surface area contributed by atoms with E-state index in [0.29, 0.717) is 0 Å². The van der Waals surface area contributed by atoms with Crippen LogP contribution in [0.15, 0.2) is 24.3 Å². The van der Waals surface area contributed by atoms with Crippen LogP contribution in [0.2, 0.25) is 0 Å². The standard InChI is InChI=1S/C15H22FN3/c16-13-1-3-14(4-2-13)18-9-5-15(6-10-18)19-11-7-17-8-12-19/h1-4,15,17H,5-12H2. The van der Waals surface area contributed by atoms with E-state index in [0.717, 1.165) is 37.9 Å². The fourth-order valence-corrected chi connectivity index (χ4v) is 3.19. The summed E-state index contributed by atoms with van der Waals surface area (Å²) in [6, 6.07) is 7.62. The number of piperazine rings is 1. The second kappa shape index (κ2) is 5.88. The number of hydrogen-bond donors (Lipinski definition) is 1. The van der Waals surface area contributed by atoms with Gasteiger partial charge < -0.3 is 10.2 Å². The molecule has 3 rings (SSSR count). The van der Waals surface area contributed by atoms with Crippen LogP contribution in [0.3, 0.4) is 0 Å². The highest BCUT2D eigenvalue weighted by Crippen LogP contribution is 2.23. The smallest absolute Gasteiger partial charge is 0.123 e. The average Bonchev–Trinajstić information content (AvgIpc) is 2.49. The van der Waals surface area contributed by atoms with Gasteiger partial charge in [0.05, 0.1) is 0 Å². The molecule has 2 fully saturated rings. The molecule has 2 saturated heterocycles. The fraction of sp³-hybridized carbons (Fsp3) is 0.600. The number of hydrogen-bond acceptors (Lipinski definition) is 3. The Labute approximate surface area is 114 Å². The lowest BCUT2D eigenvalue weighted by Gasteiger charge is -2.41. The summed E-state index contributed by atoms with van der Waals surface area (Å²) in [5.74, 6) is -0.153. The maximum atomic E-state index is 12.9. The van der Waals surface area contributed by atoms with E-state index in [2.05, 4.69) is 15.1 Å². The minimum atomic E-state index is -0.153. The Kier molecular flexibility index (Phi) is 3.99. The van der Waals surface area contributed by atoms with Gasteiger partial charge in [-0.25, -0.2) is 4.39 Å². The van der Waals surface area contributed by atoms with Gasteiger partial charge in [-0.05, 0) is 37.1 Å². The van der Waals surface area contributed by atoms with E-state index in [1.165, 1.54) is 25.9 Å². The molecule has 0 amide bonds. The molecule has 0 bridgehead atoms. The van der Waals surface area contributed by atoms with Crippen molar-refractivity contribution < 1.29 is 4.39 Å². The first-order valence-electron chi connectivity index (χ1n) is 7.28. The first-order chi connectivity index (χ1) is 9.33. The molecule has 4 heteroatoms. The quantitative estimate of drug-likeness (QED) is 0.876. The molecule has 1 aromatic rings. The molecule has 0 saturated carbocycles. The lowest BCUT2D eigenvalue weighted by Crippen LogP contribution is -2.52. The van der Waals surface area contributed by atoms with Gasteiger partial charge in [0.25, 0.3) is 0 Å². The third-order valence-electron chi connectivity index (χ3n) is 4.32. The van der Waals surface area contributed by atoms with Gasteiger partial charge in [-0.15, -0.1) is 0 Å². The van der Waals surface area contributed by atoms with Crippen molar-refractivity contribution in [3.05, 3.63) is 30.1 Å². The van der Waals surface area contributed by atoms with Crippen LogP contribution in [0, 0.1) is 5.82 Å². The molecule has 2 heterocycles. The summed E-state index contributed by atoms with van der Waals surface area (Å²) in [4.78, 5) is 5.00. The van der Waals surface area contributed by atoms with E-state index < -0.39 is 0 Å². The van der Waals surface area contributed by atoms with Crippen molar-refractivity contribution in [3.8, 4) is 0 Å². The molecule has 2 aliphatic heterocycles. The number of benzene rings is 1. The van der Waals surface area contributed by atoms with E-state index in [4.69, 9.17) is 0 Å². The molecule has 0 atom stereocenters. The summed E-state index contributed by atoms with van der Waals surface area (Å²) < 4.78 is 12.9. The van der Waals surface area contributed by atoms with Crippen LogP contribution in [0.5, 0.6) is 0 Å². The number of rotatable bonds is 2. The average molecular weight is 263 g/mol. The van der Waals surface area contributed by atoms with Gasteiger partial charge in [0.2, 0.25) is 0 Å². The molecule has 0 unspecified atom stereocenters. The highest BCUT2D eigenvalue weighted by atomic mass is 19.1. The molecule has 0 spiro atoms. The zero-order valence-electron chi connectivity index (χ0n) is 11.3. The highest BCUT2D eigenvalue weighted by molar-refractivity contribution is 5.46. The third kappa shape index (κ3) is 3.07. The summed E-state index contributed by atoms with van der Waals surface area (Å²) in [6.45, 7) is 6.78. The van der Waals surface area contributed by atoms with Gasteiger partial charge in [0, 0.05) is 51.0 Å². The van der Waals surface area contributed by atoms with E-state index in [9.17, 15) is 4.39 Å². The van der Waals surface area contributed by atoms with Crippen molar-refractivity contribution in [1.29, 1.82) is 0 Å². The molecular formula is C15H22FN3. The summed E-state index contributed by atoms with van der Waals surface area (Å²) in [5, 5.41) is 3.41. The van der Waals surface area contributed by atoms with E-state index in [1.54, 1.807) is 12.1 Å². The lowest BCUT2D eigenvalue weighted by molar-refractivity contribution is 0.150. The monoisotopic (exact) mass is 263 g/mol. The minimum absolute atomic E-state index is 0.153. The maximum Gasteiger partial charge on any atom is 0.123 e. The van der Waals surface area contributed by atoms with Crippen LogP contribution < -0.4 is 10.2 Å². The SMILES string of the molecule is Fc1ccc(N2CCC(N3CCNCC3)CC2)cc1. The van der Waals surface area contributed by atoms with Crippen LogP contribution in [0.4, 0.5) is 10.1 Å². The molecule has 0 aliphatic carbocycles. The topological polar surface area (TPSA) is 18.5 Å². The van der Waals surface area contributed by atoms with Gasteiger partial charge in [0.1, 0.15) is 5.82 Å². The summed E-state index contributed by atoms with van der Waals surface area (Å²) in [5.41, 5.74) is 1.15. The molecule has 1 N–H and O–H groups in total. The Morgan fingerprint density at radius 3 is 2.21 bits per heavy atom. The normalized spacial score (nSPS) is 22.7. The van der Waals surface area contributed by atoms with Crippen molar-refractivity contribution in [2.45, 2.75) is 18.9 Å².